The summed E-state index contributed by atoms with van der Waals surface area (Å²) in [5.74, 6) is 0.818. The lowest BCUT2D eigenvalue weighted by atomic mass is 10.2. The number of anilines is 2. The molecule has 27 heavy (non-hydrogen) atoms. The fourth-order valence-corrected chi connectivity index (χ4v) is 2.51. The second-order valence-electron chi connectivity index (χ2n) is 5.20. The predicted molar refractivity (Wildman–Crippen MR) is 123 cm³/mol. The number of hydrazone groups is 1. The van der Waals surface area contributed by atoms with E-state index in [1.165, 1.54) is 0 Å². The molecule has 8 heteroatoms. The summed E-state index contributed by atoms with van der Waals surface area (Å²) in [5.41, 5.74) is 6.44. The molecule has 4 rings (SSSR count). The van der Waals surface area contributed by atoms with E-state index in [0.717, 1.165) is 22.8 Å². The number of nitrogens with one attached hydrogen (secondary N) is 1. The number of para-hydroxylation sites is 2. The Labute approximate surface area is 183 Å². The molecule has 0 bridgehead atoms. The zero-order valence-electron chi connectivity index (χ0n) is 14.1. The number of benzene rings is 3. The SMILES string of the molecule is Cl.Cl.Cl.Cl.c1ccc(C2=NN(c3ccccc3)N(c3ccccc3)N2)cc1. The Morgan fingerprint density at radius 1 is 0.556 bits per heavy atom. The lowest BCUT2D eigenvalue weighted by Gasteiger charge is -2.27. The van der Waals surface area contributed by atoms with Gasteiger partial charge in [0.05, 0.1) is 11.4 Å². The van der Waals surface area contributed by atoms with Crippen LogP contribution in [0.1, 0.15) is 5.56 Å². The largest absolute Gasteiger partial charge is 0.259 e. The summed E-state index contributed by atoms with van der Waals surface area (Å²) in [4.78, 5) is 0. The van der Waals surface area contributed by atoms with Gasteiger partial charge in [-0.05, 0) is 24.3 Å². The highest BCUT2D eigenvalue weighted by atomic mass is 35.5. The maximum absolute atomic E-state index is 4.75. The molecule has 0 saturated heterocycles. The van der Waals surface area contributed by atoms with Crippen molar-refractivity contribution in [2.45, 2.75) is 0 Å². The Hall–Kier alpha value is -2.11. The van der Waals surface area contributed by atoms with Crippen LogP contribution in [0.3, 0.4) is 0 Å². The smallest absolute Gasteiger partial charge is 0.176 e. The predicted octanol–water partition coefficient (Wildman–Crippen LogP) is 5.48. The standard InChI is InChI=1S/C19H16N4.4ClH/c1-4-10-16(11-5-1)19-20-22(17-12-6-2-7-13-17)23(21-19)18-14-8-3-9-15-18;;;;/h1-15H,(H,20,21);4*1H. The normalized spacial score (nSPS) is 11.6. The van der Waals surface area contributed by atoms with Crippen LogP contribution in [0, 0.1) is 0 Å². The van der Waals surface area contributed by atoms with Crippen LogP contribution < -0.4 is 15.7 Å². The second kappa shape index (κ2) is 11.6. The second-order valence-corrected chi connectivity index (χ2v) is 5.20. The van der Waals surface area contributed by atoms with Crippen LogP contribution in [-0.2, 0) is 0 Å². The van der Waals surface area contributed by atoms with Crippen molar-refractivity contribution in [1.82, 2.24) is 5.43 Å². The van der Waals surface area contributed by atoms with E-state index in [2.05, 4.69) is 5.43 Å². The van der Waals surface area contributed by atoms with Gasteiger partial charge in [0.15, 0.2) is 5.84 Å². The van der Waals surface area contributed by atoms with Crippen molar-refractivity contribution in [3.8, 4) is 0 Å². The zero-order valence-corrected chi connectivity index (χ0v) is 17.4. The molecule has 1 aliphatic heterocycles. The van der Waals surface area contributed by atoms with Gasteiger partial charge in [-0.25, -0.2) is 0 Å². The molecule has 0 radical (unpaired) electrons. The number of hydrazine groups is 2. The minimum Gasteiger partial charge on any atom is -0.259 e. The zero-order chi connectivity index (χ0) is 15.5. The van der Waals surface area contributed by atoms with E-state index in [1.54, 1.807) is 0 Å². The van der Waals surface area contributed by atoms with Gasteiger partial charge in [0.2, 0.25) is 0 Å². The van der Waals surface area contributed by atoms with Gasteiger partial charge in [0, 0.05) is 5.56 Å². The third-order valence-electron chi connectivity index (χ3n) is 3.63. The molecule has 1 heterocycles. The molecule has 0 saturated carbocycles. The molecule has 0 unspecified atom stereocenters. The van der Waals surface area contributed by atoms with E-state index in [0.29, 0.717) is 0 Å². The molecule has 0 aromatic heterocycles. The van der Waals surface area contributed by atoms with Gasteiger partial charge in [-0.3, -0.25) is 5.43 Å². The third-order valence-corrected chi connectivity index (χ3v) is 3.63. The van der Waals surface area contributed by atoms with E-state index in [4.69, 9.17) is 5.10 Å². The number of halogens is 4. The maximum Gasteiger partial charge on any atom is 0.176 e. The lowest BCUT2D eigenvalue weighted by Crippen LogP contribution is -2.44. The van der Waals surface area contributed by atoms with Crippen molar-refractivity contribution in [3.05, 3.63) is 96.6 Å². The van der Waals surface area contributed by atoms with Crippen LogP contribution in [0.5, 0.6) is 0 Å². The van der Waals surface area contributed by atoms with Crippen molar-refractivity contribution >= 4 is 66.8 Å². The van der Waals surface area contributed by atoms with Crippen molar-refractivity contribution in [2.75, 3.05) is 10.2 Å². The fraction of sp³-hybridized carbons (Fsp3) is 0. The molecular weight excluding hydrogens is 426 g/mol. The molecule has 1 aliphatic rings. The van der Waals surface area contributed by atoms with Crippen molar-refractivity contribution < 1.29 is 0 Å². The van der Waals surface area contributed by atoms with Gasteiger partial charge in [-0.1, -0.05) is 66.7 Å². The number of hydrogen-bond acceptors (Lipinski definition) is 4. The molecular formula is C19H20Cl4N4. The summed E-state index contributed by atoms with van der Waals surface area (Å²) >= 11 is 0. The molecule has 1 N–H and O–H groups in total. The summed E-state index contributed by atoms with van der Waals surface area (Å²) in [6.45, 7) is 0. The topological polar surface area (TPSA) is 30.9 Å². The Balaban J connectivity index is 0.00000169. The van der Waals surface area contributed by atoms with Gasteiger partial charge in [0.25, 0.3) is 0 Å². The molecule has 0 fully saturated rings. The highest BCUT2D eigenvalue weighted by Gasteiger charge is 2.25. The molecule has 144 valence electrons. The summed E-state index contributed by atoms with van der Waals surface area (Å²) < 4.78 is 0. The number of rotatable bonds is 3. The highest BCUT2D eigenvalue weighted by molar-refractivity contribution is 6.02. The summed E-state index contributed by atoms with van der Waals surface area (Å²) in [6, 6.07) is 30.3. The molecule has 4 nitrogen and oxygen atoms in total. The Kier molecular flexibility index (Phi) is 10.7. The minimum atomic E-state index is 0. The third kappa shape index (κ3) is 5.44. The van der Waals surface area contributed by atoms with Gasteiger partial charge >= 0.3 is 0 Å². The van der Waals surface area contributed by atoms with E-state index in [1.807, 2.05) is 101 Å². The van der Waals surface area contributed by atoms with Gasteiger partial charge in [0.1, 0.15) is 0 Å². The molecule has 0 atom stereocenters. The van der Waals surface area contributed by atoms with E-state index < -0.39 is 0 Å². The average molecular weight is 446 g/mol. The molecule has 0 spiro atoms. The van der Waals surface area contributed by atoms with Crippen LogP contribution >= 0.6 is 49.6 Å². The Morgan fingerprint density at radius 3 is 1.52 bits per heavy atom. The van der Waals surface area contributed by atoms with Crippen molar-refractivity contribution in [3.63, 3.8) is 0 Å². The van der Waals surface area contributed by atoms with Crippen molar-refractivity contribution in [1.29, 1.82) is 0 Å². The first-order chi connectivity index (χ1) is 11.4. The van der Waals surface area contributed by atoms with Gasteiger partial charge in [-0.2, -0.15) is 10.2 Å². The monoisotopic (exact) mass is 444 g/mol. The van der Waals surface area contributed by atoms with Crippen LogP contribution in [0.25, 0.3) is 0 Å². The number of hydrogen-bond donors (Lipinski definition) is 1. The summed E-state index contributed by atoms with van der Waals surface area (Å²) in [7, 11) is 0. The van der Waals surface area contributed by atoms with Crippen molar-refractivity contribution in [2.24, 2.45) is 5.10 Å². The highest BCUT2D eigenvalue weighted by Crippen LogP contribution is 2.25. The first-order valence-electron chi connectivity index (χ1n) is 7.53. The maximum atomic E-state index is 4.75. The molecule has 3 aromatic rings. The molecule has 0 aliphatic carbocycles. The van der Waals surface area contributed by atoms with Crippen LogP contribution in [0.15, 0.2) is 96.1 Å². The van der Waals surface area contributed by atoms with Crippen LogP contribution in [0.4, 0.5) is 11.4 Å². The minimum absolute atomic E-state index is 0. The van der Waals surface area contributed by atoms with Crippen LogP contribution in [-0.4, -0.2) is 5.84 Å². The van der Waals surface area contributed by atoms with E-state index in [-0.39, 0.29) is 49.6 Å². The fourth-order valence-electron chi connectivity index (χ4n) is 2.51. The number of nitrogens with zero attached hydrogens (tertiary/aromatic N) is 3. The summed E-state index contributed by atoms with van der Waals surface area (Å²) in [6.07, 6.45) is 0. The lowest BCUT2D eigenvalue weighted by molar-refractivity contribution is 0.771. The van der Waals surface area contributed by atoms with E-state index >= 15 is 0 Å². The van der Waals surface area contributed by atoms with Gasteiger partial charge in [-0.15, -0.1) is 54.7 Å². The summed E-state index contributed by atoms with van der Waals surface area (Å²) in [5, 5.41) is 8.57. The van der Waals surface area contributed by atoms with Gasteiger partial charge < -0.3 is 0 Å². The average Bonchev–Trinajstić information content (AvgIpc) is 3.09. The quantitative estimate of drug-likeness (QED) is 0.578. The van der Waals surface area contributed by atoms with E-state index in [9.17, 15) is 0 Å². The van der Waals surface area contributed by atoms with Crippen LogP contribution in [0.2, 0.25) is 0 Å². The molecule has 0 amide bonds. The molecule has 3 aromatic carbocycles. The first-order valence-corrected chi connectivity index (χ1v) is 7.53. The number of amidine groups is 1. The Morgan fingerprint density at radius 2 is 1.00 bits per heavy atom. The first kappa shape index (κ1) is 24.9. The Bertz CT molecular complexity index is 817.